The van der Waals surface area contributed by atoms with Gasteiger partial charge in [0, 0.05) is 31.9 Å². The van der Waals surface area contributed by atoms with Gasteiger partial charge in [0.25, 0.3) is 0 Å². The molecule has 1 N–H and O–H groups in total. The normalized spacial score (nSPS) is 15.8. The lowest BCUT2D eigenvalue weighted by Crippen LogP contribution is -2.47. The maximum absolute atomic E-state index is 12.9. The number of aromatic amines is 1. The largest absolute Gasteiger partial charge is 0.416 e. The summed E-state index contributed by atoms with van der Waals surface area (Å²) in [5, 5.41) is 0. The molecule has 0 spiro atoms. The monoisotopic (exact) mass is 348 g/mol. The molecule has 3 heterocycles. The molecule has 4 rings (SSSR count). The van der Waals surface area contributed by atoms with Crippen molar-refractivity contribution in [2.45, 2.75) is 6.18 Å². The Bertz CT molecular complexity index is 883. The molecule has 1 saturated heterocycles. The lowest BCUT2D eigenvalue weighted by molar-refractivity contribution is -0.137. The lowest BCUT2D eigenvalue weighted by atomic mass is 10.1. The molecule has 0 bridgehead atoms. The molecule has 0 radical (unpaired) electrons. The zero-order valence-corrected chi connectivity index (χ0v) is 13.2. The number of alkyl halides is 3. The van der Waals surface area contributed by atoms with Crippen molar-refractivity contribution < 1.29 is 13.2 Å². The predicted molar refractivity (Wildman–Crippen MR) is 87.6 cm³/mol. The molecule has 2 aromatic heterocycles. The van der Waals surface area contributed by atoms with Crippen LogP contribution in [0.5, 0.6) is 0 Å². The second-order valence-electron chi connectivity index (χ2n) is 5.83. The van der Waals surface area contributed by atoms with Gasteiger partial charge in [-0.15, -0.1) is 0 Å². The molecule has 25 heavy (non-hydrogen) atoms. The topological polar surface area (TPSA) is 60.9 Å². The highest BCUT2D eigenvalue weighted by Crippen LogP contribution is 2.32. The number of imidazole rings is 1. The van der Waals surface area contributed by atoms with Gasteiger partial charge in [-0.05, 0) is 18.2 Å². The van der Waals surface area contributed by atoms with Crippen LogP contribution in [-0.4, -0.2) is 46.1 Å². The van der Waals surface area contributed by atoms with Gasteiger partial charge in [-0.1, -0.05) is 6.07 Å². The molecule has 1 aliphatic rings. The third kappa shape index (κ3) is 3.09. The SMILES string of the molecule is FC(F)(F)c1cccc(N2CCN(c3ncc4[nH]cnc4n3)CC2)c1. The third-order valence-electron chi connectivity index (χ3n) is 4.26. The van der Waals surface area contributed by atoms with E-state index in [1.54, 1.807) is 18.6 Å². The summed E-state index contributed by atoms with van der Waals surface area (Å²) >= 11 is 0. The summed E-state index contributed by atoms with van der Waals surface area (Å²) in [6.45, 7) is 2.46. The first-order chi connectivity index (χ1) is 12.0. The van der Waals surface area contributed by atoms with E-state index in [-0.39, 0.29) is 0 Å². The van der Waals surface area contributed by atoms with E-state index >= 15 is 0 Å². The van der Waals surface area contributed by atoms with Gasteiger partial charge in [0.05, 0.1) is 18.1 Å². The van der Waals surface area contributed by atoms with E-state index in [1.165, 1.54) is 12.1 Å². The first-order valence-electron chi connectivity index (χ1n) is 7.84. The summed E-state index contributed by atoms with van der Waals surface area (Å²) in [5.74, 6) is 0.586. The molecule has 0 saturated carbocycles. The summed E-state index contributed by atoms with van der Waals surface area (Å²) in [6, 6.07) is 5.44. The van der Waals surface area contributed by atoms with Crippen molar-refractivity contribution in [1.82, 2.24) is 19.9 Å². The zero-order valence-electron chi connectivity index (χ0n) is 13.2. The Morgan fingerprint density at radius 2 is 1.76 bits per heavy atom. The number of rotatable bonds is 2. The van der Waals surface area contributed by atoms with Gasteiger partial charge >= 0.3 is 6.18 Å². The van der Waals surface area contributed by atoms with Crippen molar-refractivity contribution in [3.05, 3.63) is 42.4 Å². The number of anilines is 2. The minimum absolute atomic E-state index is 0.582. The molecule has 0 atom stereocenters. The average molecular weight is 348 g/mol. The Balaban J connectivity index is 1.48. The lowest BCUT2D eigenvalue weighted by Gasteiger charge is -2.36. The van der Waals surface area contributed by atoms with Gasteiger partial charge in [0.15, 0.2) is 5.65 Å². The highest BCUT2D eigenvalue weighted by molar-refractivity contribution is 5.70. The summed E-state index contributed by atoms with van der Waals surface area (Å²) in [6.07, 6.45) is -1.08. The van der Waals surface area contributed by atoms with Gasteiger partial charge in [-0.25, -0.2) is 9.97 Å². The van der Waals surface area contributed by atoms with Crippen molar-refractivity contribution in [3.8, 4) is 0 Å². The van der Waals surface area contributed by atoms with Crippen molar-refractivity contribution in [2.75, 3.05) is 36.0 Å². The number of halogens is 3. The molecule has 0 amide bonds. The molecule has 1 aliphatic heterocycles. The fourth-order valence-electron chi connectivity index (χ4n) is 2.92. The summed E-state index contributed by atoms with van der Waals surface area (Å²) in [4.78, 5) is 19.7. The van der Waals surface area contributed by atoms with E-state index in [2.05, 4.69) is 19.9 Å². The second kappa shape index (κ2) is 5.91. The maximum Gasteiger partial charge on any atom is 0.416 e. The minimum atomic E-state index is -4.33. The van der Waals surface area contributed by atoms with Crippen LogP contribution in [0.3, 0.4) is 0 Å². The van der Waals surface area contributed by atoms with Crippen LogP contribution in [0.25, 0.3) is 11.2 Å². The number of aromatic nitrogens is 4. The molecule has 9 heteroatoms. The number of nitrogens with zero attached hydrogens (tertiary/aromatic N) is 5. The van der Waals surface area contributed by atoms with E-state index in [0.29, 0.717) is 43.5 Å². The van der Waals surface area contributed by atoms with Crippen LogP contribution in [-0.2, 0) is 6.18 Å². The zero-order chi connectivity index (χ0) is 17.4. The number of piperazine rings is 1. The van der Waals surface area contributed by atoms with Gasteiger partial charge < -0.3 is 14.8 Å². The molecule has 130 valence electrons. The molecule has 1 fully saturated rings. The Morgan fingerprint density at radius 1 is 1.00 bits per heavy atom. The van der Waals surface area contributed by atoms with E-state index in [9.17, 15) is 13.2 Å². The molecular formula is C16H15F3N6. The first-order valence-corrected chi connectivity index (χ1v) is 7.84. The van der Waals surface area contributed by atoms with E-state index in [0.717, 1.165) is 11.6 Å². The number of hydrogen-bond donors (Lipinski definition) is 1. The highest BCUT2D eigenvalue weighted by Gasteiger charge is 2.31. The van der Waals surface area contributed by atoms with E-state index < -0.39 is 11.7 Å². The maximum atomic E-state index is 12.9. The van der Waals surface area contributed by atoms with Crippen LogP contribution in [0.4, 0.5) is 24.8 Å². The van der Waals surface area contributed by atoms with E-state index in [1.807, 2.05) is 9.80 Å². The van der Waals surface area contributed by atoms with Gasteiger partial charge in [-0.3, -0.25) is 0 Å². The summed E-state index contributed by atoms with van der Waals surface area (Å²) in [7, 11) is 0. The third-order valence-corrected chi connectivity index (χ3v) is 4.26. The van der Waals surface area contributed by atoms with Gasteiger partial charge in [0.2, 0.25) is 5.95 Å². The molecule has 0 unspecified atom stereocenters. The summed E-state index contributed by atoms with van der Waals surface area (Å²) < 4.78 is 38.6. The van der Waals surface area contributed by atoms with Gasteiger partial charge in [-0.2, -0.15) is 18.2 Å². The number of benzene rings is 1. The van der Waals surface area contributed by atoms with Crippen molar-refractivity contribution in [3.63, 3.8) is 0 Å². The van der Waals surface area contributed by atoms with Crippen LogP contribution in [0.2, 0.25) is 0 Å². The first kappa shape index (κ1) is 15.7. The van der Waals surface area contributed by atoms with Crippen molar-refractivity contribution >= 4 is 22.8 Å². The average Bonchev–Trinajstić information content (AvgIpc) is 3.09. The van der Waals surface area contributed by atoms with Crippen LogP contribution < -0.4 is 9.80 Å². The quantitative estimate of drug-likeness (QED) is 0.772. The highest BCUT2D eigenvalue weighted by atomic mass is 19.4. The van der Waals surface area contributed by atoms with Crippen molar-refractivity contribution in [1.29, 1.82) is 0 Å². The number of fused-ring (bicyclic) bond motifs is 1. The van der Waals surface area contributed by atoms with Gasteiger partial charge in [0.1, 0.15) is 5.52 Å². The molecule has 1 aromatic carbocycles. The molecule has 6 nitrogen and oxygen atoms in total. The van der Waals surface area contributed by atoms with Crippen LogP contribution >= 0.6 is 0 Å². The molecule has 0 aliphatic carbocycles. The Kier molecular flexibility index (Phi) is 3.70. The van der Waals surface area contributed by atoms with Crippen LogP contribution in [0, 0.1) is 0 Å². The molecule has 3 aromatic rings. The smallest absolute Gasteiger partial charge is 0.368 e. The number of nitrogens with one attached hydrogen (secondary N) is 1. The minimum Gasteiger partial charge on any atom is -0.368 e. The van der Waals surface area contributed by atoms with Crippen LogP contribution in [0.1, 0.15) is 5.56 Å². The van der Waals surface area contributed by atoms with Crippen molar-refractivity contribution in [2.24, 2.45) is 0 Å². The second-order valence-corrected chi connectivity index (χ2v) is 5.83. The van der Waals surface area contributed by atoms with Crippen LogP contribution in [0.15, 0.2) is 36.8 Å². The number of H-pyrrole nitrogens is 1. The Hall–Kier alpha value is -2.84. The molecular weight excluding hydrogens is 333 g/mol. The Labute approximate surface area is 141 Å². The summed E-state index contributed by atoms with van der Waals surface area (Å²) in [5.41, 5.74) is 1.33. The fraction of sp³-hybridized carbons (Fsp3) is 0.312. The van der Waals surface area contributed by atoms with E-state index in [4.69, 9.17) is 0 Å². The number of hydrogen-bond acceptors (Lipinski definition) is 5. The predicted octanol–water partition coefficient (Wildman–Crippen LogP) is 2.70. The standard InChI is InChI=1S/C16H15F3N6/c17-16(18,19)11-2-1-3-12(8-11)24-4-6-25(7-5-24)15-20-9-13-14(23-15)22-10-21-13/h1-3,8-10H,4-7H2,(H,20,21,22,23). The Morgan fingerprint density at radius 3 is 2.52 bits per heavy atom. The fourth-order valence-corrected chi connectivity index (χ4v) is 2.92.